The summed E-state index contributed by atoms with van der Waals surface area (Å²) in [6, 6.07) is 4.59. The van der Waals surface area contributed by atoms with Crippen molar-refractivity contribution in [3.63, 3.8) is 0 Å². The molecule has 0 aromatic heterocycles. The number of aliphatic hydroxyl groups is 1. The Kier molecular flexibility index (Phi) is 4.08. The number of piperazine rings is 1. The summed E-state index contributed by atoms with van der Waals surface area (Å²) >= 11 is 0. The first-order valence-corrected chi connectivity index (χ1v) is 7.65. The molecule has 0 bridgehead atoms. The summed E-state index contributed by atoms with van der Waals surface area (Å²) in [6.45, 7) is 0.941. The lowest BCUT2D eigenvalue weighted by atomic mass is 10.1. The minimum Gasteiger partial charge on any atom is -0.465 e. The molecule has 124 valence electrons. The van der Waals surface area contributed by atoms with E-state index in [1.807, 2.05) is 11.0 Å². The van der Waals surface area contributed by atoms with Crippen LogP contribution in [0.4, 0.5) is 16.2 Å². The van der Waals surface area contributed by atoms with Gasteiger partial charge in [0.25, 0.3) is 5.69 Å². The quantitative estimate of drug-likeness (QED) is 0.645. The van der Waals surface area contributed by atoms with E-state index in [-0.39, 0.29) is 23.1 Å². The van der Waals surface area contributed by atoms with Crippen LogP contribution in [0.3, 0.4) is 0 Å². The van der Waals surface area contributed by atoms with Crippen molar-refractivity contribution in [1.82, 2.24) is 4.90 Å². The molecule has 1 heterocycles. The maximum atomic E-state index is 11.2. The second kappa shape index (κ2) is 6.04. The largest absolute Gasteiger partial charge is 0.465 e. The Bertz CT molecular complexity index is 632. The summed E-state index contributed by atoms with van der Waals surface area (Å²) in [5, 5.41) is 29.7. The normalized spacial score (nSPS) is 21.3. The van der Waals surface area contributed by atoms with E-state index >= 15 is 0 Å². The molecule has 0 radical (unpaired) electrons. The summed E-state index contributed by atoms with van der Waals surface area (Å²) in [6.07, 6.45) is 0.901. The number of hydrogen-bond acceptors (Lipinski definition) is 5. The lowest BCUT2D eigenvalue weighted by Gasteiger charge is -2.40. The van der Waals surface area contributed by atoms with E-state index in [0.29, 0.717) is 19.6 Å². The van der Waals surface area contributed by atoms with Crippen LogP contribution in [-0.4, -0.2) is 58.4 Å². The van der Waals surface area contributed by atoms with E-state index < -0.39 is 12.1 Å². The molecule has 0 unspecified atom stereocenters. The van der Waals surface area contributed by atoms with E-state index in [2.05, 4.69) is 0 Å². The van der Waals surface area contributed by atoms with Gasteiger partial charge in [-0.15, -0.1) is 0 Å². The van der Waals surface area contributed by atoms with Crippen LogP contribution in [0.1, 0.15) is 24.3 Å². The van der Waals surface area contributed by atoms with Gasteiger partial charge in [0.2, 0.25) is 0 Å². The second-order valence-electron chi connectivity index (χ2n) is 6.03. The van der Waals surface area contributed by atoms with Crippen LogP contribution in [-0.2, 0) is 0 Å². The van der Waals surface area contributed by atoms with Gasteiger partial charge < -0.3 is 15.1 Å². The minimum atomic E-state index is -1.04. The summed E-state index contributed by atoms with van der Waals surface area (Å²) < 4.78 is 0. The summed E-state index contributed by atoms with van der Waals surface area (Å²) in [7, 11) is 0. The van der Waals surface area contributed by atoms with Crippen molar-refractivity contribution in [2.24, 2.45) is 0 Å². The van der Waals surface area contributed by atoms with Gasteiger partial charge in [-0.25, -0.2) is 4.79 Å². The molecule has 1 aromatic carbocycles. The zero-order chi connectivity index (χ0) is 16.6. The Morgan fingerprint density at radius 1 is 1.35 bits per heavy atom. The molecule has 2 fully saturated rings. The van der Waals surface area contributed by atoms with Crippen molar-refractivity contribution in [2.75, 3.05) is 31.1 Å². The fourth-order valence-electron chi connectivity index (χ4n) is 3.12. The van der Waals surface area contributed by atoms with Gasteiger partial charge in [-0.3, -0.25) is 15.0 Å². The smallest absolute Gasteiger partial charge is 0.407 e. The molecule has 1 aliphatic heterocycles. The third-order valence-corrected chi connectivity index (χ3v) is 4.53. The number of aliphatic hydroxyl groups excluding tert-OH is 1. The molecule has 3 rings (SSSR count). The molecule has 23 heavy (non-hydrogen) atoms. The predicted molar refractivity (Wildman–Crippen MR) is 82.9 cm³/mol. The van der Waals surface area contributed by atoms with Gasteiger partial charge in [0.15, 0.2) is 0 Å². The number of nitrogens with zero attached hydrogens (tertiary/aromatic N) is 3. The van der Waals surface area contributed by atoms with Crippen molar-refractivity contribution in [3.8, 4) is 0 Å². The third-order valence-electron chi connectivity index (χ3n) is 4.53. The van der Waals surface area contributed by atoms with E-state index in [0.717, 1.165) is 24.1 Å². The van der Waals surface area contributed by atoms with Gasteiger partial charge in [-0.05, 0) is 30.9 Å². The van der Waals surface area contributed by atoms with E-state index in [9.17, 15) is 20.0 Å². The van der Waals surface area contributed by atoms with Gasteiger partial charge in [0.05, 0.1) is 17.6 Å². The zero-order valence-electron chi connectivity index (χ0n) is 12.6. The lowest BCUT2D eigenvalue weighted by Crippen LogP contribution is -2.56. The van der Waals surface area contributed by atoms with Crippen LogP contribution >= 0.6 is 0 Å². The van der Waals surface area contributed by atoms with E-state index in [4.69, 9.17) is 5.11 Å². The molecule has 1 saturated heterocycles. The average molecular weight is 321 g/mol. The first kappa shape index (κ1) is 15.5. The van der Waals surface area contributed by atoms with Gasteiger partial charge >= 0.3 is 6.09 Å². The highest BCUT2D eigenvalue weighted by Crippen LogP contribution is 2.45. The predicted octanol–water partition coefficient (Wildman–Crippen LogP) is 1.63. The summed E-state index contributed by atoms with van der Waals surface area (Å²) in [5.41, 5.74) is 1.76. The topological polar surface area (TPSA) is 107 Å². The number of nitro groups is 1. The molecule has 1 saturated carbocycles. The third kappa shape index (κ3) is 3.07. The Labute approximate surface area is 133 Å². The number of carboxylic acid groups (broad SMARTS) is 1. The van der Waals surface area contributed by atoms with Crippen molar-refractivity contribution in [1.29, 1.82) is 0 Å². The Morgan fingerprint density at radius 3 is 2.65 bits per heavy atom. The van der Waals surface area contributed by atoms with Crippen LogP contribution in [0.2, 0.25) is 0 Å². The van der Waals surface area contributed by atoms with Crippen LogP contribution in [0.25, 0.3) is 0 Å². The Balaban J connectivity index is 1.83. The second-order valence-corrected chi connectivity index (χ2v) is 6.03. The molecule has 0 spiro atoms. The van der Waals surface area contributed by atoms with Crippen LogP contribution in [0.15, 0.2) is 18.2 Å². The molecule has 8 nitrogen and oxygen atoms in total. The highest BCUT2D eigenvalue weighted by molar-refractivity contribution is 5.66. The van der Waals surface area contributed by atoms with Gasteiger partial charge in [-0.1, -0.05) is 0 Å². The summed E-state index contributed by atoms with van der Waals surface area (Å²) in [4.78, 5) is 25.2. The standard InChI is InChI=1S/C15H19N3O5/c19-9-12-8-16(5-6-17(12)15(20)21)11-3-4-14(18(22)23)13(7-11)10-1-2-10/h3-4,7,10,12,19H,1-2,5-6,8-9H2,(H,20,21)/t12-/m1/s1. The number of nitro benzene ring substituents is 1. The van der Waals surface area contributed by atoms with Gasteiger partial charge in [0, 0.05) is 37.0 Å². The van der Waals surface area contributed by atoms with E-state index in [1.54, 1.807) is 6.07 Å². The average Bonchev–Trinajstić information content (AvgIpc) is 3.38. The highest BCUT2D eigenvalue weighted by Gasteiger charge is 2.33. The SMILES string of the molecule is O=C(O)N1CCN(c2ccc([N+](=O)[O-])c(C3CC3)c2)C[C@@H]1CO. The molecule has 1 aromatic rings. The van der Waals surface area contributed by atoms with Crippen molar-refractivity contribution in [3.05, 3.63) is 33.9 Å². The lowest BCUT2D eigenvalue weighted by molar-refractivity contribution is -0.385. The van der Waals surface area contributed by atoms with Crippen molar-refractivity contribution < 1.29 is 19.9 Å². The Morgan fingerprint density at radius 2 is 2.09 bits per heavy atom. The number of anilines is 1. The molecule has 1 aliphatic carbocycles. The molecule has 8 heteroatoms. The number of amides is 1. The van der Waals surface area contributed by atoms with Crippen LogP contribution in [0.5, 0.6) is 0 Å². The zero-order valence-corrected chi connectivity index (χ0v) is 12.6. The van der Waals surface area contributed by atoms with Crippen molar-refractivity contribution >= 4 is 17.5 Å². The summed E-state index contributed by atoms with van der Waals surface area (Å²) in [5.74, 6) is 0.254. The van der Waals surface area contributed by atoms with Gasteiger partial charge in [0.1, 0.15) is 0 Å². The van der Waals surface area contributed by atoms with E-state index in [1.165, 1.54) is 11.0 Å². The van der Waals surface area contributed by atoms with Crippen molar-refractivity contribution in [2.45, 2.75) is 24.8 Å². The number of hydrogen-bond donors (Lipinski definition) is 2. The van der Waals surface area contributed by atoms with Crippen LogP contribution < -0.4 is 4.90 Å². The maximum absolute atomic E-state index is 11.2. The maximum Gasteiger partial charge on any atom is 0.407 e. The molecule has 1 amide bonds. The first-order valence-electron chi connectivity index (χ1n) is 7.65. The number of carbonyl (C=O) groups is 1. The first-order chi connectivity index (χ1) is 11.0. The van der Waals surface area contributed by atoms with Gasteiger partial charge in [-0.2, -0.15) is 0 Å². The molecule has 2 aliphatic rings. The number of rotatable bonds is 4. The molecule has 1 atom stereocenters. The fraction of sp³-hybridized carbons (Fsp3) is 0.533. The molecular formula is C15H19N3O5. The molecule has 2 N–H and O–H groups in total. The fourth-order valence-corrected chi connectivity index (χ4v) is 3.12. The minimum absolute atomic E-state index is 0.152. The number of benzene rings is 1. The van der Waals surface area contributed by atoms with Crippen LogP contribution in [0, 0.1) is 10.1 Å². The Hall–Kier alpha value is -2.35. The monoisotopic (exact) mass is 321 g/mol. The molecular weight excluding hydrogens is 302 g/mol. The highest BCUT2D eigenvalue weighted by atomic mass is 16.6.